The lowest BCUT2D eigenvalue weighted by atomic mass is 9.94. The molecule has 3 amide bonds. The van der Waals surface area contributed by atoms with Crippen LogP contribution in [0.3, 0.4) is 0 Å². The minimum absolute atomic E-state index is 0.0613. The van der Waals surface area contributed by atoms with Crippen molar-refractivity contribution in [2.24, 2.45) is 0 Å². The number of rotatable bonds is 5. The summed E-state index contributed by atoms with van der Waals surface area (Å²) in [6.45, 7) is 0.704. The molecule has 2 heterocycles. The van der Waals surface area contributed by atoms with E-state index in [2.05, 4.69) is 4.72 Å². The number of sulfonamides is 1. The molecule has 3 aliphatic rings. The first-order chi connectivity index (χ1) is 14.8. The average Bonchev–Trinajstić information content (AvgIpc) is 3.01. The van der Waals surface area contributed by atoms with Crippen LogP contribution in [0.5, 0.6) is 0 Å². The first-order valence-electron chi connectivity index (χ1n) is 11.0. The number of carbonyl (C=O) groups excluding carboxylic acids is 3. The Bertz CT molecular complexity index is 1000. The topological polar surface area (TPSA) is 104 Å². The van der Waals surface area contributed by atoms with Crippen molar-refractivity contribution >= 4 is 27.7 Å². The lowest BCUT2D eigenvalue weighted by Crippen LogP contribution is -2.49. The quantitative estimate of drug-likeness (QED) is 0.697. The van der Waals surface area contributed by atoms with E-state index in [0.29, 0.717) is 29.7 Å². The molecule has 1 aromatic rings. The molecule has 1 saturated carbocycles. The van der Waals surface area contributed by atoms with E-state index in [0.717, 1.165) is 51.2 Å². The second-order valence-corrected chi connectivity index (χ2v) is 10.6. The molecule has 1 aliphatic carbocycles. The van der Waals surface area contributed by atoms with Gasteiger partial charge in [0.05, 0.1) is 17.4 Å². The van der Waals surface area contributed by atoms with Gasteiger partial charge >= 0.3 is 0 Å². The number of hydrogen-bond acceptors (Lipinski definition) is 5. The zero-order valence-corrected chi connectivity index (χ0v) is 18.6. The van der Waals surface area contributed by atoms with Crippen molar-refractivity contribution in [2.45, 2.75) is 63.5 Å². The summed E-state index contributed by atoms with van der Waals surface area (Å²) in [4.78, 5) is 42.2. The zero-order valence-electron chi connectivity index (χ0n) is 17.8. The normalized spacial score (nSPS) is 22.7. The number of amides is 3. The average molecular weight is 448 g/mol. The first kappa shape index (κ1) is 22.0. The van der Waals surface area contributed by atoms with Crippen LogP contribution < -0.4 is 4.72 Å². The molecule has 1 saturated heterocycles. The predicted octanol–water partition coefficient (Wildman–Crippen LogP) is 2.16. The SMILES string of the molecule is CS(=O)(=O)NC[C@H]1CCCCN1C(=O)c1ccc2c(c1)C(=O)N(C1CCCCC1)C2=O. The van der Waals surface area contributed by atoms with Crippen LogP contribution >= 0.6 is 0 Å². The molecule has 1 N–H and O–H groups in total. The number of nitrogens with zero attached hydrogens (tertiary/aromatic N) is 2. The van der Waals surface area contributed by atoms with Crippen LogP contribution in [0.15, 0.2) is 18.2 Å². The Morgan fingerprint density at radius 3 is 2.39 bits per heavy atom. The fraction of sp³-hybridized carbons (Fsp3) is 0.591. The number of piperidine rings is 1. The molecule has 1 aromatic carbocycles. The number of fused-ring (bicyclic) bond motifs is 1. The van der Waals surface area contributed by atoms with Gasteiger partial charge in [-0.3, -0.25) is 19.3 Å². The summed E-state index contributed by atoms with van der Waals surface area (Å²) in [5.74, 6) is -0.811. The van der Waals surface area contributed by atoms with Crippen LogP contribution in [0.1, 0.15) is 82.4 Å². The molecule has 168 valence electrons. The van der Waals surface area contributed by atoms with Crippen LogP contribution in [-0.4, -0.2) is 67.4 Å². The monoisotopic (exact) mass is 447 g/mol. The maximum absolute atomic E-state index is 13.2. The summed E-state index contributed by atoms with van der Waals surface area (Å²) < 4.78 is 25.5. The van der Waals surface area contributed by atoms with E-state index in [1.807, 2.05) is 0 Å². The maximum Gasteiger partial charge on any atom is 0.261 e. The van der Waals surface area contributed by atoms with E-state index in [4.69, 9.17) is 0 Å². The Morgan fingerprint density at radius 2 is 1.68 bits per heavy atom. The highest BCUT2D eigenvalue weighted by Crippen LogP contribution is 2.32. The maximum atomic E-state index is 13.2. The molecule has 0 spiro atoms. The minimum Gasteiger partial charge on any atom is -0.334 e. The summed E-state index contributed by atoms with van der Waals surface area (Å²) in [6, 6.07) is 4.43. The highest BCUT2D eigenvalue weighted by molar-refractivity contribution is 7.88. The van der Waals surface area contributed by atoms with Gasteiger partial charge < -0.3 is 4.90 Å². The molecule has 8 nitrogen and oxygen atoms in total. The molecule has 1 atom stereocenters. The van der Waals surface area contributed by atoms with Crippen LogP contribution in [-0.2, 0) is 10.0 Å². The summed E-state index contributed by atoms with van der Waals surface area (Å²) in [5.41, 5.74) is 1.02. The molecule has 0 unspecified atom stereocenters. The third-order valence-corrected chi connectivity index (χ3v) is 7.26. The predicted molar refractivity (Wildman–Crippen MR) is 115 cm³/mol. The largest absolute Gasteiger partial charge is 0.334 e. The van der Waals surface area contributed by atoms with Gasteiger partial charge in [-0.15, -0.1) is 0 Å². The summed E-state index contributed by atoms with van der Waals surface area (Å²) in [7, 11) is -3.35. The van der Waals surface area contributed by atoms with Crippen LogP contribution in [0.25, 0.3) is 0 Å². The highest BCUT2D eigenvalue weighted by Gasteiger charge is 2.41. The molecule has 2 aliphatic heterocycles. The minimum atomic E-state index is -3.35. The third-order valence-electron chi connectivity index (χ3n) is 6.57. The fourth-order valence-corrected chi connectivity index (χ4v) is 5.45. The van der Waals surface area contributed by atoms with Crippen molar-refractivity contribution in [3.8, 4) is 0 Å². The van der Waals surface area contributed by atoms with Gasteiger partial charge in [-0.05, 0) is 50.3 Å². The summed E-state index contributed by atoms with van der Waals surface area (Å²) in [6.07, 6.45) is 8.41. The first-order valence-corrected chi connectivity index (χ1v) is 12.9. The van der Waals surface area contributed by atoms with Gasteiger partial charge in [-0.2, -0.15) is 0 Å². The van der Waals surface area contributed by atoms with Gasteiger partial charge in [-0.25, -0.2) is 13.1 Å². The Balaban J connectivity index is 1.55. The van der Waals surface area contributed by atoms with Crippen molar-refractivity contribution in [1.82, 2.24) is 14.5 Å². The van der Waals surface area contributed by atoms with Gasteiger partial charge in [0.15, 0.2) is 0 Å². The third kappa shape index (κ3) is 4.52. The molecule has 4 rings (SSSR count). The molecule has 0 bridgehead atoms. The van der Waals surface area contributed by atoms with Gasteiger partial charge in [0, 0.05) is 30.7 Å². The van der Waals surface area contributed by atoms with Crippen molar-refractivity contribution in [2.75, 3.05) is 19.3 Å². The molecule has 0 radical (unpaired) electrons. The molecule has 2 fully saturated rings. The lowest BCUT2D eigenvalue weighted by Gasteiger charge is -2.36. The number of hydrogen-bond donors (Lipinski definition) is 1. The van der Waals surface area contributed by atoms with Gasteiger partial charge in [0.1, 0.15) is 0 Å². The smallest absolute Gasteiger partial charge is 0.261 e. The van der Waals surface area contributed by atoms with Crippen LogP contribution in [0, 0.1) is 0 Å². The second-order valence-electron chi connectivity index (χ2n) is 8.80. The standard InChI is InChI=1S/C22H29N3O5S/c1-31(29,30)23-14-17-9-5-6-12-24(17)20(26)15-10-11-18-19(13-15)22(28)25(21(18)27)16-7-3-2-4-8-16/h10-11,13,16-17,23H,2-9,12,14H2,1H3/t17-/m1/s1. The zero-order chi connectivity index (χ0) is 22.2. The Hall–Kier alpha value is -2.26. The second kappa shape index (κ2) is 8.70. The molecule has 0 aromatic heterocycles. The van der Waals surface area contributed by atoms with Gasteiger partial charge in [0.25, 0.3) is 17.7 Å². The van der Waals surface area contributed by atoms with Gasteiger partial charge in [0.2, 0.25) is 10.0 Å². The molecular formula is C22H29N3O5S. The Morgan fingerprint density at radius 1 is 1.00 bits per heavy atom. The van der Waals surface area contributed by atoms with E-state index in [1.54, 1.807) is 17.0 Å². The summed E-state index contributed by atoms with van der Waals surface area (Å²) in [5, 5.41) is 0. The number of imide groups is 1. The number of nitrogens with one attached hydrogen (secondary N) is 1. The number of carbonyl (C=O) groups is 3. The Kier molecular flexibility index (Phi) is 6.16. The van der Waals surface area contributed by atoms with Crippen LogP contribution in [0.4, 0.5) is 0 Å². The van der Waals surface area contributed by atoms with E-state index in [-0.39, 0.29) is 36.3 Å². The molecule has 31 heavy (non-hydrogen) atoms. The number of benzene rings is 1. The lowest BCUT2D eigenvalue weighted by molar-refractivity contribution is 0.0548. The van der Waals surface area contributed by atoms with Crippen molar-refractivity contribution in [3.05, 3.63) is 34.9 Å². The fourth-order valence-electron chi connectivity index (χ4n) is 4.96. The van der Waals surface area contributed by atoms with Crippen molar-refractivity contribution in [3.63, 3.8) is 0 Å². The van der Waals surface area contributed by atoms with Crippen LogP contribution in [0.2, 0.25) is 0 Å². The Labute approximate surface area is 183 Å². The van der Waals surface area contributed by atoms with Crippen molar-refractivity contribution in [1.29, 1.82) is 0 Å². The van der Waals surface area contributed by atoms with Crippen molar-refractivity contribution < 1.29 is 22.8 Å². The van der Waals surface area contributed by atoms with E-state index in [9.17, 15) is 22.8 Å². The van der Waals surface area contributed by atoms with Gasteiger partial charge in [-0.1, -0.05) is 19.3 Å². The number of likely N-dealkylation sites (tertiary alicyclic amines) is 1. The van der Waals surface area contributed by atoms with E-state index in [1.165, 1.54) is 11.0 Å². The highest BCUT2D eigenvalue weighted by atomic mass is 32.2. The summed E-state index contributed by atoms with van der Waals surface area (Å²) >= 11 is 0. The molecule has 9 heteroatoms. The molecular weight excluding hydrogens is 418 g/mol. The van der Waals surface area contributed by atoms with E-state index >= 15 is 0 Å². The van der Waals surface area contributed by atoms with E-state index < -0.39 is 10.0 Å².